The second kappa shape index (κ2) is 9.73. The van der Waals surface area contributed by atoms with Gasteiger partial charge in [-0.1, -0.05) is 24.3 Å². The fourth-order valence-corrected chi connectivity index (χ4v) is 3.17. The molecule has 5 nitrogen and oxygen atoms in total. The lowest BCUT2D eigenvalue weighted by molar-refractivity contribution is 0.132. The number of aromatic nitrogens is 1. The third-order valence-electron chi connectivity index (χ3n) is 4.46. The first-order valence-corrected chi connectivity index (χ1v) is 9.73. The number of ether oxygens (including phenoxy) is 2. The van der Waals surface area contributed by atoms with E-state index in [2.05, 4.69) is 19.7 Å². The summed E-state index contributed by atoms with van der Waals surface area (Å²) < 4.78 is 13.7. The Morgan fingerprint density at radius 1 is 0.862 bits per heavy atom. The van der Waals surface area contributed by atoms with Crippen molar-refractivity contribution in [3.05, 3.63) is 68.3 Å². The van der Waals surface area contributed by atoms with Crippen molar-refractivity contribution in [1.29, 1.82) is 0 Å². The summed E-state index contributed by atoms with van der Waals surface area (Å²) >= 11 is 0. The van der Waals surface area contributed by atoms with Gasteiger partial charge in [-0.15, -0.1) is 19.7 Å². The maximum Gasteiger partial charge on any atom is 0.150 e. The second-order valence-electron chi connectivity index (χ2n) is 6.55. The maximum atomic E-state index is 10.3. The van der Waals surface area contributed by atoms with Crippen LogP contribution >= 0.6 is 0 Å². The SMILES string of the molecule is C=CCCOc1cccc2c1c1cc(O)cc(OCCC=C)c1n2OCCC=C. The van der Waals surface area contributed by atoms with Gasteiger partial charge in [0.25, 0.3) is 0 Å². The summed E-state index contributed by atoms with van der Waals surface area (Å²) in [5.74, 6) is 1.40. The van der Waals surface area contributed by atoms with Crippen LogP contribution in [-0.4, -0.2) is 29.7 Å². The molecule has 1 aromatic heterocycles. The van der Waals surface area contributed by atoms with E-state index in [0.29, 0.717) is 38.4 Å². The molecule has 3 aromatic rings. The number of hydrogen-bond donors (Lipinski definition) is 1. The van der Waals surface area contributed by atoms with Gasteiger partial charge in [-0.25, -0.2) is 0 Å². The Bertz CT molecular complexity index is 1020. The zero-order valence-electron chi connectivity index (χ0n) is 16.6. The predicted octanol–water partition coefficient (Wildman–Crippen LogP) is 5.41. The van der Waals surface area contributed by atoms with E-state index in [4.69, 9.17) is 14.3 Å². The number of benzene rings is 2. The van der Waals surface area contributed by atoms with Crippen molar-refractivity contribution in [1.82, 2.24) is 4.73 Å². The second-order valence-corrected chi connectivity index (χ2v) is 6.55. The van der Waals surface area contributed by atoms with E-state index in [0.717, 1.165) is 34.0 Å². The minimum atomic E-state index is 0.122. The summed E-state index contributed by atoms with van der Waals surface area (Å²) in [6, 6.07) is 9.13. The Hall–Kier alpha value is -3.34. The van der Waals surface area contributed by atoms with Crippen molar-refractivity contribution in [2.75, 3.05) is 19.8 Å². The van der Waals surface area contributed by atoms with E-state index >= 15 is 0 Å². The molecule has 2 aromatic carbocycles. The van der Waals surface area contributed by atoms with Gasteiger partial charge in [0.1, 0.15) is 23.6 Å². The molecule has 1 N–H and O–H groups in total. The van der Waals surface area contributed by atoms with Gasteiger partial charge in [0.2, 0.25) is 0 Å². The van der Waals surface area contributed by atoms with Gasteiger partial charge < -0.3 is 19.4 Å². The van der Waals surface area contributed by atoms with Crippen LogP contribution in [0.1, 0.15) is 19.3 Å². The number of hydrogen-bond acceptors (Lipinski definition) is 4. The minimum absolute atomic E-state index is 0.122. The molecule has 0 radical (unpaired) electrons. The first kappa shape index (κ1) is 20.4. The number of fused-ring (bicyclic) bond motifs is 3. The molecule has 0 amide bonds. The summed E-state index contributed by atoms with van der Waals surface area (Å²) in [5.41, 5.74) is 1.60. The summed E-state index contributed by atoms with van der Waals surface area (Å²) in [4.78, 5) is 6.07. The topological polar surface area (TPSA) is 52.8 Å². The third-order valence-corrected chi connectivity index (χ3v) is 4.46. The summed E-state index contributed by atoms with van der Waals surface area (Å²) in [6.45, 7) is 12.7. The number of aromatic hydroxyl groups is 1. The summed E-state index contributed by atoms with van der Waals surface area (Å²) in [7, 11) is 0. The zero-order valence-corrected chi connectivity index (χ0v) is 16.6. The molecule has 5 heteroatoms. The lowest BCUT2D eigenvalue weighted by atomic mass is 10.1. The quantitative estimate of drug-likeness (QED) is 0.330. The highest BCUT2D eigenvalue weighted by Gasteiger charge is 2.20. The van der Waals surface area contributed by atoms with Crippen molar-refractivity contribution in [2.45, 2.75) is 19.3 Å². The molecule has 0 aliphatic carbocycles. The number of rotatable bonds is 12. The van der Waals surface area contributed by atoms with E-state index in [9.17, 15) is 5.11 Å². The molecule has 0 unspecified atom stereocenters. The van der Waals surface area contributed by atoms with E-state index < -0.39 is 0 Å². The minimum Gasteiger partial charge on any atom is -0.508 e. The molecule has 0 spiro atoms. The van der Waals surface area contributed by atoms with Gasteiger partial charge in [-0.2, -0.15) is 4.73 Å². The third kappa shape index (κ3) is 4.40. The maximum absolute atomic E-state index is 10.3. The van der Waals surface area contributed by atoms with Gasteiger partial charge in [0.15, 0.2) is 5.75 Å². The molecule has 0 bridgehead atoms. The van der Waals surface area contributed by atoms with Gasteiger partial charge in [-0.3, -0.25) is 0 Å². The van der Waals surface area contributed by atoms with Crippen LogP contribution in [0.3, 0.4) is 0 Å². The molecule has 3 rings (SSSR count). The van der Waals surface area contributed by atoms with Crippen LogP contribution in [0.4, 0.5) is 0 Å². The van der Waals surface area contributed by atoms with Gasteiger partial charge >= 0.3 is 0 Å². The molecule has 152 valence electrons. The van der Waals surface area contributed by atoms with Crippen molar-refractivity contribution in [3.8, 4) is 17.2 Å². The van der Waals surface area contributed by atoms with Gasteiger partial charge in [0.05, 0.1) is 24.1 Å². The van der Waals surface area contributed by atoms with Crippen LogP contribution in [0, 0.1) is 0 Å². The van der Waals surface area contributed by atoms with Crippen LogP contribution < -0.4 is 14.3 Å². The molecule has 1 heterocycles. The number of phenols is 1. The molecule has 0 saturated heterocycles. The Balaban J connectivity index is 2.20. The monoisotopic (exact) mass is 393 g/mol. The smallest absolute Gasteiger partial charge is 0.150 e. The Morgan fingerprint density at radius 2 is 1.52 bits per heavy atom. The van der Waals surface area contributed by atoms with Crippen LogP contribution in [0.5, 0.6) is 17.2 Å². The molecule has 0 aliphatic rings. The zero-order chi connectivity index (χ0) is 20.6. The Kier molecular flexibility index (Phi) is 6.85. The Morgan fingerprint density at radius 3 is 2.21 bits per heavy atom. The fraction of sp³-hybridized carbons (Fsp3) is 0.250. The first-order chi connectivity index (χ1) is 14.2. The first-order valence-electron chi connectivity index (χ1n) is 9.73. The van der Waals surface area contributed by atoms with Crippen molar-refractivity contribution in [2.24, 2.45) is 0 Å². The van der Waals surface area contributed by atoms with Crippen molar-refractivity contribution < 1.29 is 19.4 Å². The van der Waals surface area contributed by atoms with Crippen molar-refractivity contribution >= 4 is 21.8 Å². The lowest BCUT2D eigenvalue weighted by Crippen LogP contribution is -2.12. The molecule has 0 saturated carbocycles. The molecule has 0 aliphatic heterocycles. The average Bonchev–Trinajstić information content (AvgIpc) is 3.03. The van der Waals surface area contributed by atoms with Crippen LogP contribution in [0.2, 0.25) is 0 Å². The fourth-order valence-electron chi connectivity index (χ4n) is 3.17. The number of nitrogens with zero attached hydrogens (tertiary/aromatic N) is 1. The van der Waals surface area contributed by atoms with E-state index in [1.165, 1.54) is 0 Å². The van der Waals surface area contributed by atoms with Gasteiger partial charge in [0, 0.05) is 17.9 Å². The Labute approximate surface area is 171 Å². The highest BCUT2D eigenvalue weighted by atomic mass is 16.7. The molecular formula is C24H27NO4. The molecule has 29 heavy (non-hydrogen) atoms. The van der Waals surface area contributed by atoms with E-state index in [1.807, 2.05) is 30.4 Å². The van der Waals surface area contributed by atoms with Crippen LogP contribution in [0.15, 0.2) is 68.3 Å². The van der Waals surface area contributed by atoms with Gasteiger partial charge in [-0.05, 0) is 31.0 Å². The standard InChI is InChI=1S/C24H27NO4/c1-4-7-13-27-21-12-10-11-20-23(21)19-16-18(26)17-22(28-14-8-5-2)24(19)25(20)29-15-9-6-3/h4-6,10-12,16-17,26H,1-3,7-9,13-15H2. The summed E-state index contributed by atoms with van der Waals surface area (Å²) in [5, 5.41) is 12.0. The molecule has 0 atom stereocenters. The van der Waals surface area contributed by atoms with Crippen LogP contribution in [-0.2, 0) is 0 Å². The summed E-state index contributed by atoms with van der Waals surface area (Å²) in [6.07, 6.45) is 7.57. The number of phenolic OH excluding ortho intramolecular Hbond substituents is 1. The normalized spacial score (nSPS) is 10.8. The van der Waals surface area contributed by atoms with Crippen molar-refractivity contribution in [3.63, 3.8) is 0 Å². The highest BCUT2D eigenvalue weighted by molar-refractivity contribution is 6.13. The highest BCUT2D eigenvalue weighted by Crippen LogP contribution is 2.41. The molecule has 0 fully saturated rings. The van der Waals surface area contributed by atoms with E-state index in [1.54, 1.807) is 22.9 Å². The van der Waals surface area contributed by atoms with Crippen LogP contribution in [0.25, 0.3) is 21.8 Å². The average molecular weight is 393 g/mol. The molecular weight excluding hydrogens is 366 g/mol. The van der Waals surface area contributed by atoms with E-state index in [-0.39, 0.29) is 5.75 Å². The largest absolute Gasteiger partial charge is 0.508 e. The predicted molar refractivity (Wildman–Crippen MR) is 118 cm³/mol. The lowest BCUT2D eigenvalue weighted by Gasteiger charge is -2.12.